The van der Waals surface area contributed by atoms with Crippen molar-refractivity contribution in [2.24, 2.45) is 0 Å². The fraction of sp³-hybridized carbons (Fsp3) is 0.0833. The van der Waals surface area contributed by atoms with E-state index < -0.39 is 11.9 Å². The first-order valence-corrected chi connectivity index (χ1v) is 5.96. The van der Waals surface area contributed by atoms with Gasteiger partial charge in [-0.25, -0.2) is 4.79 Å². The number of nitrogens with two attached hydrogens (primary N) is 1. The fourth-order valence-corrected chi connectivity index (χ4v) is 1.77. The molecule has 104 valence electrons. The Balaban J connectivity index is 2.07. The van der Waals surface area contributed by atoms with E-state index in [9.17, 15) is 9.59 Å². The Kier molecular flexibility index (Phi) is 3.90. The number of nitrogen functional groups attached to an aromatic ring is 1. The van der Waals surface area contributed by atoms with Gasteiger partial charge in [0, 0.05) is 6.20 Å². The molecule has 8 heteroatoms. The highest BCUT2D eigenvalue weighted by atomic mass is 35.5. The summed E-state index contributed by atoms with van der Waals surface area (Å²) in [6.45, 7) is -0.164. The first kappa shape index (κ1) is 13.9. The predicted molar refractivity (Wildman–Crippen MR) is 73.7 cm³/mol. The predicted octanol–water partition coefficient (Wildman–Crippen LogP) is 1.46. The van der Waals surface area contributed by atoms with Crippen LogP contribution in [0.1, 0.15) is 10.5 Å². The van der Waals surface area contributed by atoms with E-state index in [1.165, 1.54) is 6.20 Å². The molecule has 0 aliphatic carbocycles. The van der Waals surface area contributed by atoms with Crippen LogP contribution in [0.25, 0.3) is 0 Å². The van der Waals surface area contributed by atoms with Crippen LogP contribution >= 0.6 is 11.6 Å². The maximum Gasteiger partial charge on any atom is 0.358 e. The van der Waals surface area contributed by atoms with E-state index in [0.717, 1.165) is 4.68 Å². The van der Waals surface area contributed by atoms with Crippen molar-refractivity contribution in [2.45, 2.75) is 6.54 Å². The largest absolute Gasteiger partial charge is 0.476 e. The van der Waals surface area contributed by atoms with Crippen LogP contribution in [0.5, 0.6) is 0 Å². The first-order chi connectivity index (χ1) is 9.47. The zero-order valence-corrected chi connectivity index (χ0v) is 11.0. The van der Waals surface area contributed by atoms with E-state index >= 15 is 0 Å². The van der Waals surface area contributed by atoms with Gasteiger partial charge in [-0.05, 0) is 12.1 Å². The number of aromatic carboxylic acids is 1. The highest BCUT2D eigenvalue weighted by Gasteiger charge is 2.15. The normalized spacial score (nSPS) is 10.2. The third kappa shape index (κ3) is 3.07. The maximum atomic E-state index is 11.8. The Morgan fingerprint density at radius 2 is 2.10 bits per heavy atom. The molecule has 0 aliphatic rings. The number of hydrogen-bond donors (Lipinski definition) is 3. The standard InChI is InChI=1S/C12H11ClN4O3/c13-7-3-1-2-4-9(7)15-10(18)6-17-5-8(14)11(16-17)12(19)20/h1-5H,6,14H2,(H,15,18)(H,19,20). The molecule has 0 bridgehead atoms. The van der Waals surface area contributed by atoms with Gasteiger partial charge in [0.2, 0.25) is 5.91 Å². The van der Waals surface area contributed by atoms with Gasteiger partial charge >= 0.3 is 5.97 Å². The summed E-state index contributed by atoms with van der Waals surface area (Å²) in [5.74, 6) is -1.63. The van der Waals surface area contributed by atoms with Crippen LogP contribution in [0.2, 0.25) is 5.02 Å². The molecule has 4 N–H and O–H groups in total. The lowest BCUT2D eigenvalue weighted by molar-refractivity contribution is -0.116. The third-order valence-electron chi connectivity index (χ3n) is 2.45. The van der Waals surface area contributed by atoms with Gasteiger partial charge in [-0.1, -0.05) is 23.7 Å². The van der Waals surface area contributed by atoms with Gasteiger partial charge in [0.15, 0.2) is 5.69 Å². The topological polar surface area (TPSA) is 110 Å². The lowest BCUT2D eigenvalue weighted by atomic mass is 10.3. The number of aromatic nitrogens is 2. The van der Waals surface area contributed by atoms with Gasteiger partial charge in [-0.3, -0.25) is 9.48 Å². The maximum absolute atomic E-state index is 11.8. The van der Waals surface area contributed by atoms with Crippen LogP contribution in [0, 0.1) is 0 Å². The number of para-hydroxylation sites is 1. The number of nitrogens with one attached hydrogen (secondary N) is 1. The van der Waals surface area contributed by atoms with E-state index in [1.54, 1.807) is 24.3 Å². The molecule has 0 radical (unpaired) electrons. The molecule has 0 spiro atoms. The lowest BCUT2D eigenvalue weighted by Crippen LogP contribution is -2.19. The van der Waals surface area contributed by atoms with Crippen LogP contribution < -0.4 is 11.1 Å². The van der Waals surface area contributed by atoms with E-state index in [2.05, 4.69) is 10.4 Å². The summed E-state index contributed by atoms with van der Waals surface area (Å²) >= 11 is 5.91. The second-order valence-corrected chi connectivity index (χ2v) is 4.37. The number of carbonyl (C=O) groups is 2. The van der Waals surface area contributed by atoms with Gasteiger partial charge in [0.25, 0.3) is 0 Å². The molecule has 1 aromatic carbocycles. The van der Waals surface area contributed by atoms with Crippen molar-refractivity contribution in [3.63, 3.8) is 0 Å². The Morgan fingerprint density at radius 3 is 2.70 bits per heavy atom. The summed E-state index contributed by atoms with van der Waals surface area (Å²) in [6.07, 6.45) is 1.29. The molecular weight excluding hydrogens is 284 g/mol. The number of benzene rings is 1. The fourth-order valence-electron chi connectivity index (χ4n) is 1.58. The lowest BCUT2D eigenvalue weighted by Gasteiger charge is -2.06. The van der Waals surface area contributed by atoms with Crippen molar-refractivity contribution in [1.82, 2.24) is 9.78 Å². The van der Waals surface area contributed by atoms with Crippen molar-refractivity contribution in [2.75, 3.05) is 11.1 Å². The molecule has 2 rings (SSSR count). The minimum atomic E-state index is -1.24. The van der Waals surface area contributed by atoms with Gasteiger partial charge in [-0.15, -0.1) is 0 Å². The molecule has 0 unspecified atom stereocenters. The number of hydrogen-bond acceptors (Lipinski definition) is 4. The summed E-state index contributed by atoms with van der Waals surface area (Å²) in [6, 6.07) is 6.77. The number of anilines is 2. The van der Waals surface area contributed by atoms with E-state index in [1.807, 2.05) is 0 Å². The molecule has 0 saturated carbocycles. The average molecular weight is 295 g/mol. The summed E-state index contributed by atoms with van der Waals surface area (Å²) in [5, 5.41) is 15.5. The first-order valence-electron chi connectivity index (χ1n) is 5.58. The molecule has 0 saturated heterocycles. The summed E-state index contributed by atoms with van der Waals surface area (Å²) in [5.41, 5.74) is 5.67. The van der Waals surface area contributed by atoms with Gasteiger partial charge in [0.1, 0.15) is 6.54 Å². The van der Waals surface area contributed by atoms with Gasteiger partial charge in [0.05, 0.1) is 16.4 Å². The van der Waals surface area contributed by atoms with Crippen LogP contribution in [-0.2, 0) is 11.3 Å². The number of carboxylic acid groups (broad SMARTS) is 1. The van der Waals surface area contributed by atoms with Crippen LogP contribution in [0.3, 0.4) is 0 Å². The summed E-state index contributed by atoms with van der Waals surface area (Å²) in [4.78, 5) is 22.6. The van der Waals surface area contributed by atoms with Crippen molar-refractivity contribution in [3.8, 4) is 0 Å². The van der Waals surface area contributed by atoms with Crippen molar-refractivity contribution < 1.29 is 14.7 Å². The average Bonchev–Trinajstić information content (AvgIpc) is 2.73. The molecular formula is C12H11ClN4O3. The molecule has 2 aromatic rings. The number of nitrogens with zero attached hydrogens (tertiary/aromatic N) is 2. The minimum absolute atomic E-state index is 0.00282. The van der Waals surface area contributed by atoms with E-state index in [-0.39, 0.29) is 17.9 Å². The highest BCUT2D eigenvalue weighted by Crippen LogP contribution is 2.20. The summed E-state index contributed by atoms with van der Waals surface area (Å²) in [7, 11) is 0. The van der Waals surface area contributed by atoms with E-state index in [4.69, 9.17) is 22.4 Å². The number of carboxylic acids is 1. The quantitative estimate of drug-likeness (QED) is 0.790. The second-order valence-electron chi connectivity index (χ2n) is 3.96. The molecule has 1 heterocycles. The number of carbonyl (C=O) groups excluding carboxylic acids is 1. The Morgan fingerprint density at radius 1 is 1.40 bits per heavy atom. The van der Waals surface area contributed by atoms with Crippen molar-refractivity contribution in [1.29, 1.82) is 0 Å². The monoisotopic (exact) mass is 294 g/mol. The molecule has 0 fully saturated rings. The van der Waals surface area contributed by atoms with Crippen LogP contribution in [0.4, 0.5) is 11.4 Å². The molecule has 0 aliphatic heterocycles. The van der Waals surface area contributed by atoms with E-state index in [0.29, 0.717) is 10.7 Å². The molecule has 20 heavy (non-hydrogen) atoms. The Labute approximate surface area is 119 Å². The van der Waals surface area contributed by atoms with Crippen molar-refractivity contribution >= 4 is 34.9 Å². The Bertz CT molecular complexity index is 668. The Hall–Kier alpha value is -2.54. The van der Waals surface area contributed by atoms with Crippen LogP contribution in [0.15, 0.2) is 30.5 Å². The third-order valence-corrected chi connectivity index (χ3v) is 2.78. The minimum Gasteiger partial charge on any atom is -0.476 e. The zero-order valence-electron chi connectivity index (χ0n) is 10.2. The second kappa shape index (κ2) is 5.62. The van der Waals surface area contributed by atoms with Gasteiger partial charge < -0.3 is 16.2 Å². The number of amides is 1. The number of halogens is 1. The highest BCUT2D eigenvalue weighted by molar-refractivity contribution is 6.33. The zero-order chi connectivity index (χ0) is 14.7. The molecule has 0 atom stereocenters. The van der Waals surface area contributed by atoms with Crippen LogP contribution in [-0.4, -0.2) is 26.8 Å². The van der Waals surface area contributed by atoms with Gasteiger partial charge in [-0.2, -0.15) is 5.10 Å². The SMILES string of the molecule is Nc1cn(CC(=O)Nc2ccccc2Cl)nc1C(=O)O. The molecule has 1 amide bonds. The van der Waals surface area contributed by atoms with Crippen molar-refractivity contribution in [3.05, 3.63) is 41.2 Å². The molecule has 7 nitrogen and oxygen atoms in total. The summed E-state index contributed by atoms with van der Waals surface area (Å²) < 4.78 is 1.16. The smallest absolute Gasteiger partial charge is 0.358 e. The number of rotatable bonds is 4. The molecule has 1 aromatic heterocycles.